The molecule has 0 heterocycles. The van der Waals surface area contributed by atoms with Gasteiger partial charge in [-0.3, -0.25) is 0 Å². The van der Waals surface area contributed by atoms with Crippen molar-refractivity contribution in [1.82, 2.24) is 0 Å². The largest absolute Gasteiger partial charge is 0.246 e. The van der Waals surface area contributed by atoms with E-state index in [4.69, 9.17) is 0 Å². The molecule has 0 rings (SSSR count). The van der Waals surface area contributed by atoms with Gasteiger partial charge < -0.3 is 0 Å². The van der Waals surface area contributed by atoms with Crippen LogP contribution in [-0.2, 0) is 0 Å². The minimum absolute atomic E-state index is 1.08. The molecule has 0 aromatic rings. The molecule has 1 nitrogen and oxygen atoms in total. The zero-order chi connectivity index (χ0) is 6.41. The van der Waals surface area contributed by atoms with Gasteiger partial charge in [0.1, 0.15) is 0 Å². The van der Waals surface area contributed by atoms with E-state index in [9.17, 15) is 0 Å². The summed E-state index contributed by atoms with van der Waals surface area (Å²) in [7, 11) is 1.76. The van der Waals surface area contributed by atoms with Crippen LogP contribution < -0.4 is 0 Å². The van der Waals surface area contributed by atoms with Crippen LogP contribution in [0.5, 0.6) is 0 Å². The molecule has 0 spiro atoms. The minimum Gasteiger partial charge on any atom is -0.246 e. The maximum atomic E-state index is 3.79. The predicted octanol–water partition coefficient (Wildman–Crippen LogP) is 2.03. The van der Waals surface area contributed by atoms with Crippen LogP contribution in [0, 0.1) is 0 Å². The van der Waals surface area contributed by atoms with Crippen LogP contribution in [0.4, 0.5) is 0 Å². The molecule has 0 saturated heterocycles. The van der Waals surface area contributed by atoms with Crippen LogP contribution in [0.1, 0.15) is 26.7 Å². The molecule has 0 amide bonds. The summed E-state index contributed by atoms with van der Waals surface area (Å²) in [6, 6.07) is 0. The highest BCUT2D eigenvalue weighted by Crippen LogP contribution is 1.98. The molecular weight excluding hydrogens is 98.1 g/mol. The number of hydrogen-bond acceptors (Lipinski definition) is 1. The van der Waals surface area contributed by atoms with E-state index in [0.717, 1.165) is 12.8 Å². The van der Waals surface area contributed by atoms with Gasteiger partial charge in [-0.1, -0.05) is 13.8 Å². The van der Waals surface area contributed by atoms with Gasteiger partial charge in [-0.2, -0.15) is 0 Å². The molecule has 0 aliphatic carbocycles. The lowest BCUT2D eigenvalue weighted by Gasteiger charge is -1.89. The van der Waals surface area contributed by atoms with Crippen molar-refractivity contribution in [3.63, 3.8) is 0 Å². The van der Waals surface area contributed by atoms with Gasteiger partial charge in [-0.25, -0.2) is 4.99 Å². The first kappa shape index (κ1) is 7.45. The van der Waals surface area contributed by atoms with E-state index in [1.54, 1.807) is 7.05 Å². The van der Waals surface area contributed by atoms with Crippen LogP contribution in [-0.4, -0.2) is 12.9 Å². The molecule has 0 fully saturated rings. The molecule has 0 aliphatic heterocycles. The average molecular weight is 111 g/mol. The summed E-state index contributed by atoms with van der Waals surface area (Å²) in [6.45, 7) is 4.24. The van der Waals surface area contributed by atoms with Gasteiger partial charge >= 0.3 is 0 Å². The van der Waals surface area contributed by atoms with Crippen molar-refractivity contribution in [2.24, 2.45) is 4.99 Å². The quantitative estimate of drug-likeness (QED) is 0.483. The molecule has 0 unspecified atom stereocenters. The first-order valence-electron chi connectivity index (χ1n) is 3.04. The molecule has 0 saturated carbocycles. The summed E-state index contributed by atoms with van der Waals surface area (Å²) in [5, 5.41) is 0. The molecule has 0 radical (unpaired) electrons. The van der Waals surface area contributed by atoms with Gasteiger partial charge in [-0.15, -0.1) is 0 Å². The molecule has 0 aliphatic rings. The van der Waals surface area contributed by atoms with Gasteiger partial charge in [0.2, 0.25) is 0 Å². The van der Waals surface area contributed by atoms with E-state index in [2.05, 4.69) is 24.7 Å². The summed E-state index contributed by atoms with van der Waals surface area (Å²) in [5.74, 6) is 2.92. The number of aliphatic imine (C=N–C) groups is 1. The van der Waals surface area contributed by atoms with Crippen LogP contribution in [0.15, 0.2) is 10.6 Å². The molecule has 0 bridgehead atoms. The Morgan fingerprint density at radius 2 is 1.88 bits per heavy atom. The Bertz CT molecular complexity index is 102. The average Bonchev–Trinajstić information content (AvgIpc) is 1.83. The number of allylic oxidation sites excluding steroid dienone is 1. The van der Waals surface area contributed by atoms with Crippen molar-refractivity contribution in [1.29, 1.82) is 0 Å². The topological polar surface area (TPSA) is 12.4 Å². The van der Waals surface area contributed by atoms with Crippen molar-refractivity contribution in [3.8, 4) is 0 Å². The summed E-state index contributed by atoms with van der Waals surface area (Å²) in [4.78, 5) is 3.79. The molecule has 0 N–H and O–H groups in total. The molecule has 0 atom stereocenters. The van der Waals surface area contributed by atoms with Gasteiger partial charge in [0.15, 0.2) is 0 Å². The first-order chi connectivity index (χ1) is 3.85. The maximum absolute atomic E-state index is 3.79. The second-order valence-electron chi connectivity index (χ2n) is 1.65. The van der Waals surface area contributed by atoms with E-state index in [0.29, 0.717) is 0 Å². The van der Waals surface area contributed by atoms with Gasteiger partial charge in [-0.05, 0) is 24.3 Å². The van der Waals surface area contributed by atoms with Gasteiger partial charge in [0.05, 0.1) is 0 Å². The Hall–Kier alpha value is -0.550. The summed E-state index contributed by atoms with van der Waals surface area (Å²) >= 11 is 0. The van der Waals surface area contributed by atoms with E-state index >= 15 is 0 Å². The van der Waals surface area contributed by atoms with Crippen LogP contribution in [0.25, 0.3) is 0 Å². The second kappa shape index (κ2) is 4.61. The summed E-state index contributed by atoms with van der Waals surface area (Å²) in [6.07, 6.45) is 2.15. The number of hydrogen-bond donors (Lipinski definition) is 0. The molecule has 0 aromatic heterocycles. The van der Waals surface area contributed by atoms with Crippen molar-refractivity contribution < 1.29 is 0 Å². The number of nitrogens with zero attached hydrogens (tertiary/aromatic N) is 1. The zero-order valence-electron chi connectivity index (χ0n) is 5.86. The predicted molar refractivity (Wildman–Crippen MR) is 37.5 cm³/mol. The van der Waals surface area contributed by atoms with Crippen molar-refractivity contribution in [2.75, 3.05) is 7.05 Å². The highest BCUT2D eigenvalue weighted by molar-refractivity contribution is 5.57. The van der Waals surface area contributed by atoms with Crippen LogP contribution in [0.3, 0.4) is 0 Å². The van der Waals surface area contributed by atoms with Crippen molar-refractivity contribution >= 4 is 5.87 Å². The van der Waals surface area contributed by atoms with Crippen molar-refractivity contribution in [3.05, 3.63) is 5.57 Å². The van der Waals surface area contributed by atoms with E-state index in [1.807, 2.05) is 0 Å². The third-order valence-corrected chi connectivity index (χ3v) is 1.12. The van der Waals surface area contributed by atoms with Crippen LogP contribution in [0.2, 0.25) is 0 Å². The molecular formula is C7H13N. The zero-order valence-corrected chi connectivity index (χ0v) is 5.86. The van der Waals surface area contributed by atoms with E-state index in [-0.39, 0.29) is 0 Å². The standard InChI is InChI=1S/C7H13N/c1-4-7(5-2)6-8-3/h4-5H2,1-3H3. The molecule has 1 heteroatoms. The molecule has 0 aromatic carbocycles. The molecule has 46 valence electrons. The Morgan fingerprint density at radius 3 is 2.00 bits per heavy atom. The normalized spacial score (nSPS) is 7.88. The smallest absolute Gasteiger partial charge is 0.0372 e. The monoisotopic (exact) mass is 111 g/mol. The van der Waals surface area contributed by atoms with Crippen LogP contribution >= 0.6 is 0 Å². The fourth-order valence-corrected chi connectivity index (χ4v) is 0.566. The third-order valence-electron chi connectivity index (χ3n) is 1.12. The van der Waals surface area contributed by atoms with Crippen molar-refractivity contribution in [2.45, 2.75) is 26.7 Å². The lowest BCUT2D eigenvalue weighted by Crippen LogP contribution is -1.76. The fraction of sp³-hybridized carbons (Fsp3) is 0.714. The summed E-state index contributed by atoms with van der Waals surface area (Å²) in [5.41, 5.74) is 1.30. The van der Waals surface area contributed by atoms with E-state index < -0.39 is 0 Å². The number of rotatable bonds is 2. The highest BCUT2D eigenvalue weighted by atomic mass is 14.6. The fourth-order valence-electron chi connectivity index (χ4n) is 0.566. The second-order valence-corrected chi connectivity index (χ2v) is 1.65. The third kappa shape index (κ3) is 2.59. The van der Waals surface area contributed by atoms with E-state index in [1.165, 1.54) is 5.57 Å². The summed E-state index contributed by atoms with van der Waals surface area (Å²) < 4.78 is 0. The maximum Gasteiger partial charge on any atom is 0.0372 e. The Labute approximate surface area is 51.1 Å². The molecule has 8 heavy (non-hydrogen) atoms. The Morgan fingerprint density at radius 1 is 1.38 bits per heavy atom. The SMILES string of the molecule is CCC(=C=NC)CC. The van der Waals surface area contributed by atoms with Gasteiger partial charge in [0.25, 0.3) is 0 Å². The lowest BCUT2D eigenvalue weighted by molar-refractivity contribution is 0.997. The minimum atomic E-state index is 1.08. The first-order valence-corrected chi connectivity index (χ1v) is 3.04. The highest BCUT2D eigenvalue weighted by Gasteiger charge is 1.83. The Balaban J connectivity index is 3.87. The van der Waals surface area contributed by atoms with Gasteiger partial charge in [0, 0.05) is 7.05 Å². The Kier molecular flexibility index (Phi) is 4.29. The lowest BCUT2D eigenvalue weighted by atomic mass is 10.2.